The van der Waals surface area contributed by atoms with E-state index in [0.717, 1.165) is 18.8 Å². The third-order valence-electron chi connectivity index (χ3n) is 2.59. The first-order chi connectivity index (χ1) is 6.79. The van der Waals surface area contributed by atoms with Crippen LogP contribution in [0.15, 0.2) is 18.2 Å². The molecule has 14 heavy (non-hydrogen) atoms. The van der Waals surface area contributed by atoms with E-state index in [-0.39, 0.29) is 0 Å². The molecule has 1 unspecified atom stereocenters. The summed E-state index contributed by atoms with van der Waals surface area (Å²) >= 11 is 0. The molecule has 0 aliphatic carbocycles. The Bertz CT molecular complexity index is 291. The summed E-state index contributed by atoms with van der Waals surface area (Å²) in [6.45, 7) is 9.30. The van der Waals surface area contributed by atoms with Crippen molar-refractivity contribution in [1.29, 1.82) is 0 Å². The predicted molar refractivity (Wildman–Crippen MR) is 61.1 cm³/mol. The van der Waals surface area contributed by atoms with Crippen molar-refractivity contribution in [1.82, 2.24) is 0 Å². The SMILES string of the molecule is CC.Cc1cccc2c1C(C)CCO2. The molecule has 0 aromatic heterocycles. The molecule has 1 atom stereocenters. The fourth-order valence-corrected chi connectivity index (χ4v) is 1.90. The van der Waals surface area contributed by atoms with Gasteiger partial charge in [0.25, 0.3) is 0 Å². The molecule has 0 spiro atoms. The van der Waals surface area contributed by atoms with Gasteiger partial charge in [-0.05, 0) is 36.5 Å². The summed E-state index contributed by atoms with van der Waals surface area (Å²) in [6, 6.07) is 6.29. The van der Waals surface area contributed by atoms with Crippen LogP contribution < -0.4 is 4.74 Å². The number of aryl methyl sites for hydroxylation is 1. The van der Waals surface area contributed by atoms with Crippen LogP contribution in [0.4, 0.5) is 0 Å². The number of hydrogen-bond donors (Lipinski definition) is 0. The molecule has 0 saturated heterocycles. The maximum atomic E-state index is 5.57. The quantitative estimate of drug-likeness (QED) is 0.605. The molecular weight excluding hydrogens is 172 g/mol. The minimum Gasteiger partial charge on any atom is -0.493 e. The normalized spacial score (nSPS) is 18.7. The van der Waals surface area contributed by atoms with Gasteiger partial charge in [-0.2, -0.15) is 0 Å². The average molecular weight is 192 g/mol. The Kier molecular flexibility index (Phi) is 3.99. The minimum atomic E-state index is 0.662. The van der Waals surface area contributed by atoms with Crippen molar-refractivity contribution in [3.8, 4) is 5.75 Å². The summed E-state index contributed by atoms with van der Waals surface area (Å²) in [7, 11) is 0. The fraction of sp³-hybridized carbons (Fsp3) is 0.538. The average Bonchev–Trinajstić information content (AvgIpc) is 2.21. The Morgan fingerprint density at radius 1 is 1.29 bits per heavy atom. The van der Waals surface area contributed by atoms with Crippen LogP contribution in [0.1, 0.15) is 44.2 Å². The second-order valence-electron chi connectivity index (χ2n) is 3.52. The second-order valence-corrected chi connectivity index (χ2v) is 3.52. The number of rotatable bonds is 0. The van der Waals surface area contributed by atoms with Gasteiger partial charge in [0.05, 0.1) is 6.61 Å². The summed E-state index contributed by atoms with van der Waals surface area (Å²) in [5, 5.41) is 0. The lowest BCUT2D eigenvalue weighted by Gasteiger charge is -2.24. The van der Waals surface area contributed by atoms with Gasteiger partial charge in [0, 0.05) is 0 Å². The van der Waals surface area contributed by atoms with Crippen LogP contribution in [0.5, 0.6) is 5.75 Å². The van der Waals surface area contributed by atoms with Crippen LogP contribution >= 0.6 is 0 Å². The first kappa shape index (κ1) is 11.1. The van der Waals surface area contributed by atoms with Crippen molar-refractivity contribution in [2.24, 2.45) is 0 Å². The number of benzene rings is 1. The Morgan fingerprint density at radius 2 is 2.00 bits per heavy atom. The van der Waals surface area contributed by atoms with Gasteiger partial charge < -0.3 is 4.74 Å². The molecular formula is C13H20O. The highest BCUT2D eigenvalue weighted by Gasteiger charge is 2.18. The van der Waals surface area contributed by atoms with Gasteiger partial charge in [-0.3, -0.25) is 0 Å². The standard InChI is InChI=1S/C11H14O.C2H6/c1-8-4-3-5-10-11(8)9(2)6-7-12-10;1-2/h3-5,9H,6-7H2,1-2H3;1-2H3. The van der Waals surface area contributed by atoms with Crippen molar-refractivity contribution < 1.29 is 4.74 Å². The molecule has 0 amide bonds. The molecule has 0 N–H and O–H groups in total. The molecule has 0 fully saturated rings. The molecule has 1 aliphatic heterocycles. The summed E-state index contributed by atoms with van der Waals surface area (Å²) in [6.07, 6.45) is 1.15. The van der Waals surface area contributed by atoms with Crippen molar-refractivity contribution in [2.75, 3.05) is 6.61 Å². The molecule has 1 heteroatoms. The van der Waals surface area contributed by atoms with Gasteiger partial charge in [0.2, 0.25) is 0 Å². The molecule has 1 aromatic carbocycles. The number of hydrogen-bond acceptors (Lipinski definition) is 1. The minimum absolute atomic E-state index is 0.662. The van der Waals surface area contributed by atoms with Crippen molar-refractivity contribution in [3.63, 3.8) is 0 Å². The monoisotopic (exact) mass is 192 g/mol. The van der Waals surface area contributed by atoms with E-state index in [1.54, 1.807) is 0 Å². The molecule has 1 aliphatic rings. The van der Waals surface area contributed by atoms with E-state index in [1.807, 2.05) is 13.8 Å². The van der Waals surface area contributed by atoms with Crippen molar-refractivity contribution in [3.05, 3.63) is 29.3 Å². The molecule has 1 heterocycles. The van der Waals surface area contributed by atoms with E-state index in [2.05, 4.69) is 32.0 Å². The highest BCUT2D eigenvalue weighted by molar-refractivity contribution is 5.43. The summed E-state index contributed by atoms with van der Waals surface area (Å²) in [5.41, 5.74) is 2.77. The lowest BCUT2D eigenvalue weighted by Crippen LogP contribution is -2.12. The zero-order chi connectivity index (χ0) is 10.6. The lowest BCUT2D eigenvalue weighted by atomic mass is 9.91. The first-order valence-corrected chi connectivity index (χ1v) is 5.51. The summed E-state index contributed by atoms with van der Waals surface area (Å²) in [4.78, 5) is 0. The van der Waals surface area contributed by atoms with Crippen LogP contribution in [0.25, 0.3) is 0 Å². The Morgan fingerprint density at radius 3 is 2.64 bits per heavy atom. The smallest absolute Gasteiger partial charge is 0.123 e. The maximum absolute atomic E-state index is 5.57. The van der Waals surface area contributed by atoms with E-state index in [1.165, 1.54) is 11.1 Å². The first-order valence-electron chi connectivity index (χ1n) is 5.51. The molecule has 0 radical (unpaired) electrons. The Hall–Kier alpha value is -0.980. The highest BCUT2D eigenvalue weighted by Crippen LogP contribution is 2.35. The Balaban J connectivity index is 0.000000461. The summed E-state index contributed by atoms with van der Waals surface area (Å²) < 4.78 is 5.57. The zero-order valence-electron chi connectivity index (χ0n) is 9.63. The van der Waals surface area contributed by atoms with Gasteiger partial charge in [0.1, 0.15) is 5.75 Å². The van der Waals surface area contributed by atoms with E-state index < -0.39 is 0 Å². The van der Waals surface area contributed by atoms with Gasteiger partial charge in [-0.25, -0.2) is 0 Å². The van der Waals surface area contributed by atoms with Gasteiger partial charge in [-0.1, -0.05) is 32.9 Å². The molecule has 0 bridgehead atoms. The third-order valence-corrected chi connectivity index (χ3v) is 2.59. The predicted octanol–water partition coefficient (Wildman–Crippen LogP) is 3.91. The van der Waals surface area contributed by atoms with Crippen LogP contribution in [0, 0.1) is 6.92 Å². The van der Waals surface area contributed by atoms with Crippen LogP contribution in [0.2, 0.25) is 0 Å². The highest BCUT2D eigenvalue weighted by atomic mass is 16.5. The van der Waals surface area contributed by atoms with E-state index in [0.29, 0.717) is 5.92 Å². The zero-order valence-corrected chi connectivity index (χ0v) is 9.63. The van der Waals surface area contributed by atoms with E-state index in [4.69, 9.17) is 4.74 Å². The van der Waals surface area contributed by atoms with E-state index >= 15 is 0 Å². The lowest BCUT2D eigenvalue weighted by molar-refractivity contribution is 0.271. The topological polar surface area (TPSA) is 9.23 Å². The molecule has 1 nitrogen and oxygen atoms in total. The van der Waals surface area contributed by atoms with E-state index in [9.17, 15) is 0 Å². The third kappa shape index (κ3) is 2.09. The number of ether oxygens (including phenoxy) is 1. The van der Waals surface area contributed by atoms with Gasteiger partial charge in [0.15, 0.2) is 0 Å². The van der Waals surface area contributed by atoms with Crippen molar-refractivity contribution in [2.45, 2.75) is 40.0 Å². The van der Waals surface area contributed by atoms with Crippen LogP contribution in [0.3, 0.4) is 0 Å². The second kappa shape index (κ2) is 5.04. The summed E-state index contributed by atoms with van der Waals surface area (Å²) in [5.74, 6) is 1.75. The largest absolute Gasteiger partial charge is 0.493 e. The fourth-order valence-electron chi connectivity index (χ4n) is 1.90. The molecule has 1 aromatic rings. The number of fused-ring (bicyclic) bond motifs is 1. The molecule has 0 saturated carbocycles. The van der Waals surface area contributed by atoms with Crippen LogP contribution in [-0.2, 0) is 0 Å². The van der Waals surface area contributed by atoms with Crippen molar-refractivity contribution >= 4 is 0 Å². The van der Waals surface area contributed by atoms with Gasteiger partial charge >= 0.3 is 0 Å². The Labute approximate surface area is 87.1 Å². The van der Waals surface area contributed by atoms with Gasteiger partial charge in [-0.15, -0.1) is 0 Å². The molecule has 78 valence electrons. The molecule has 2 rings (SSSR count). The maximum Gasteiger partial charge on any atom is 0.123 e. The van der Waals surface area contributed by atoms with Crippen LogP contribution in [-0.4, -0.2) is 6.61 Å².